The molecule has 2 aromatic carbocycles. The van der Waals surface area contributed by atoms with Crippen LogP contribution in [0.5, 0.6) is 5.75 Å². The topological polar surface area (TPSA) is 54.4 Å². The molecular formula is C20H17ClO3. The number of halogens is 1. The summed E-state index contributed by atoms with van der Waals surface area (Å²) < 4.78 is 0. The number of carbonyl (C=O) groups excluding carboxylic acids is 2. The maximum absolute atomic E-state index is 13.1. The Kier molecular flexibility index (Phi) is 3.33. The van der Waals surface area contributed by atoms with E-state index in [4.69, 9.17) is 11.6 Å². The van der Waals surface area contributed by atoms with Crippen molar-refractivity contribution in [3.8, 4) is 5.75 Å². The van der Waals surface area contributed by atoms with Crippen LogP contribution < -0.4 is 0 Å². The summed E-state index contributed by atoms with van der Waals surface area (Å²) in [4.78, 5) is 26.2. The second-order valence-electron chi connectivity index (χ2n) is 6.87. The fraction of sp³-hybridized carbons (Fsp3) is 0.300. The zero-order chi connectivity index (χ0) is 17.2. The molecule has 3 nitrogen and oxygen atoms in total. The number of phenols is 1. The molecule has 2 aliphatic carbocycles. The molecule has 0 fully saturated rings. The lowest BCUT2D eigenvalue weighted by molar-refractivity contribution is 0.0719. The summed E-state index contributed by atoms with van der Waals surface area (Å²) in [5.74, 6) is -1.16. The number of carbonyl (C=O) groups is 2. The van der Waals surface area contributed by atoms with Crippen LogP contribution in [0.15, 0.2) is 35.4 Å². The van der Waals surface area contributed by atoms with Crippen LogP contribution in [-0.4, -0.2) is 16.7 Å². The molecule has 0 saturated carbocycles. The minimum absolute atomic E-state index is 0.109. The van der Waals surface area contributed by atoms with Crippen molar-refractivity contribution in [3.63, 3.8) is 0 Å². The van der Waals surface area contributed by atoms with Gasteiger partial charge in [0.25, 0.3) is 0 Å². The number of fused-ring (bicyclic) bond motifs is 3. The maximum atomic E-state index is 13.1. The van der Waals surface area contributed by atoms with Crippen molar-refractivity contribution in [2.75, 3.05) is 0 Å². The number of hydrogen-bond acceptors (Lipinski definition) is 3. The van der Waals surface area contributed by atoms with E-state index in [-0.39, 0.29) is 39.4 Å². The van der Waals surface area contributed by atoms with Crippen molar-refractivity contribution in [1.29, 1.82) is 0 Å². The van der Waals surface area contributed by atoms with E-state index in [1.54, 1.807) is 24.3 Å². The molecule has 2 unspecified atom stereocenters. The van der Waals surface area contributed by atoms with E-state index in [9.17, 15) is 14.7 Å². The Hall–Kier alpha value is -2.13. The molecule has 122 valence electrons. The van der Waals surface area contributed by atoms with Crippen molar-refractivity contribution < 1.29 is 14.7 Å². The average Bonchev–Trinajstić information content (AvgIpc) is 2.57. The zero-order valence-electron chi connectivity index (χ0n) is 13.5. The van der Waals surface area contributed by atoms with Crippen molar-refractivity contribution in [2.24, 2.45) is 11.8 Å². The van der Waals surface area contributed by atoms with Gasteiger partial charge in [0, 0.05) is 22.6 Å². The van der Waals surface area contributed by atoms with E-state index in [1.165, 1.54) is 5.57 Å². The van der Waals surface area contributed by atoms with Crippen LogP contribution in [0.1, 0.15) is 47.4 Å². The van der Waals surface area contributed by atoms with Crippen molar-refractivity contribution >= 4 is 33.9 Å². The van der Waals surface area contributed by atoms with Crippen LogP contribution >= 0.6 is 11.6 Å². The van der Waals surface area contributed by atoms with Crippen LogP contribution in [0.3, 0.4) is 0 Å². The largest absolute Gasteiger partial charge is 0.507 e. The predicted molar refractivity (Wildman–Crippen MR) is 93.9 cm³/mol. The van der Waals surface area contributed by atoms with Gasteiger partial charge in [-0.3, -0.25) is 9.59 Å². The maximum Gasteiger partial charge on any atom is 0.171 e. The number of phenolic OH excluding ortho intramolecular Hbond substituents is 1. The van der Waals surface area contributed by atoms with Crippen LogP contribution in [0.25, 0.3) is 10.8 Å². The molecule has 0 aliphatic heterocycles. The van der Waals surface area contributed by atoms with Crippen LogP contribution in [-0.2, 0) is 0 Å². The molecule has 2 aromatic rings. The van der Waals surface area contributed by atoms with E-state index < -0.39 is 5.92 Å². The highest BCUT2D eigenvalue weighted by molar-refractivity contribution is 6.41. The fourth-order valence-electron chi connectivity index (χ4n) is 4.06. The third-order valence-corrected chi connectivity index (χ3v) is 5.95. The number of aromatic hydroxyl groups is 1. The molecule has 0 radical (unpaired) electrons. The SMILES string of the molecule is CC1=C(C)CC2C(=O)c3c(c(O)c4ccccc4c3Cl)C(=O)C2C1. The average molecular weight is 341 g/mol. The second-order valence-corrected chi connectivity index (χ2v) is 7.25. The van der Waals surface area contributed by atoms with Gasteiger partial charge >= 0.3 is 0 Å². The molecule has 0 aromatic heterocycles. The van der Waals surface area contributed by atoms with Gasteiger partial charge in [-0.25, -0.2) is 0 Å². The number of hydrogen-bond donors (Lipinski definition) is 1. The first kappa shape index (κ1) is 15.4. The lowest BCUT2D eigenvalue weighted by Gasteiger charge is -2.36. The van der Waals surface area contributed by atoms with Gasteiger partial charge in [-0.05, 0) is 26.7 Å². The van der Waals surface area contributed by atoms with Gasteiger partial charge in [-0.15, -0.1) is 0 Å². The third kappa shape index (κ3) is 1.91. The van der Waals surface area contributed by atoms with Gasteiger partial charge in [0.2, 0.25) is 0 Å². The van der Waals surface area contributed by atoms with E-state index in [1.807, 2.05) is 13.8 Å². The highest BCUT2D eigenvalue weighted by atomic mass is 35.5. The quantitative estimate of drug-likeness (QED) is 0.691. The number of rotatable bonds is 0. The molecule has 0 spiro atoms. The molecule has 0 heterocycles. The summed E-state index contributed by atoms with van der Waals surface area (Å²) in [6, 6.07) is 7.06. The highest BCUT2D eigenvalue weighted by Crippen LogP contribution is 2.48. The van der Waals surface area contributed by atoms with Crippen LogP contribution in [0.2, 0.25) is 5.02 Å². The Bertz CT molecular complexity index is 879. The summed E-state index contributed by atoms with van der Waals surface area (Å²) in [6.45, 7) is 4.02. The van der Waals surface area contributed by atoms with Gasteiger partial charge in [-0.1, -0.05) is 47.0 Å². The van der Waals surface area contributed by atoms with E-state index in [2.05, 4.69) is 0 Å². The Morgan fingerprint density at radius 2 is 1.42 bits per heavy atom. The Morgan fingerprint density at radius 3 is 2.00 bits per heavy atom. The monoisotopic (exact) mass is 340 g/mol. The smallest absolute Gasteiger partial charge is 0.171 e. The molecule has 1 N–H and O–H groups in total. The van der Waals surface area contributed by atoms with Crippen molar-refractivity contribution in [3.05, 3.63) is 51.6 Å². The third-order valence-electron chi connectivity index (χ3n) is 5.56. The first-order chi connectivity index (χ1) is 11.4. The number of ketones is 2. The zero-order valence-corrected chi connectivity index (χ0v) is 14.3. The lowest BCUT2D eigenvalue weighted by atomic mass is 9.65. The minimum atomic E-state index is -0.392. The van der Waals surface area contributed by atoms with Crippen molar-refractivity contribution in [2.45, 2.75) is 26.7 Å². The molecular weight excluding hydrogens is 324 g/mol. The molecule has 0 bridgehead atoms. The molecule has 2 aliphatic rings. The first-order valence-corrected chi connectivity index (χ1v) is 8.46. The summed E-state index contributed by atoms with van der Waals surface area (Å²) in [7, 11) is 0. The second kappa shape index (κ2) is 5.18. The van der Waals surface area contributed by atoms with Gasteiger partial charge in [-0.2, -0.15) is 0 Å². The predicted octanol–water partition coefficient (Wildman–Crippen LogP) is 4.94. The highest BCUT2D eigenvalue weighted by Gasteiger charge is 2.46. The Labute approximate surface area is 144 Å². The summed E-state index contributed by atoms with van der Waals surface area (Å²) >= 11 is 6.49. The first-order valence-electron chi connectivity index (χ1n) is 8.08. The molecule has 4 heteroatoms. The van der Waals surface area contributed by atoms with E-state index >= 15 is 0 Å². The molecule has 2 atom stereocenters. The summed E-state index contributed by atoms with van der Waals surface area (Å²) in [5.41, 5.74) is 2.64. The van der Waals surface area contributed by atoms with Crippen LogP contribution in [0.4, 0.5) is 0 Å². The molecule has 24 heavy (non-hydrogen) atoms. The van der Waals surface area contributed by atoms with Gasteiger partial charge < -0.3 is 5.11 Å². The fourth-order valence-corrected chi connectivity index (χ4v) is 4.42. The standard InChI is InChI=1S/C20H17ClO3/c1-9-7-13-14(8-10(9)2)20(24)16-15(19(13)23)17(21)11-5-3-4-6-12(11)18(16)22/h3-6,13-14,22H,7-8H2,1-2H3. The van der Waals surface area contributed by atoms with Gasteiger partial charge in [0.15, 0.2) is 11.6 Å². The molecule has 0 saturated heterocycles. The van der Waals surface area contributed by atoms with Crippen molar-refractivity contribution in [1.82, 2.24) is 0 Å². The lowest BCUT2D eigenvalue weighted by Crippen LogP contribution is -2.39. The molecule has 4 rings (SSSR count). The van der Waals surface area contributed by atoms with E-state index in [0.717, 1.165) is 5.57 Å². The van der Waals surface area contributed by atoms with Gasteiger partial charge in [0.1, 0.15) is 5.75 Å². The van der Waals surface area contributed by atoms with E-state index in [0.29, 0.717) is 23.6 Å². The number of allylic oxidation sites excluding steroid dienone is 2. The van der Waals surface area contributed by atoms with Gasteiger partial charge in [0.05, 0.1) is 16.1 Å². The molecule has 0 amide bonds. The summed E-state index contributed by atoms with van der Waals surface area (Å²) in [5, 5.41) is 12.1. The summed E-state index contributed by atoms with van der Waals surface area (Å²) in [6.07, 6.45) is 1.16. The van der Waals surface area contributed by atoms with Crippen LogP contribution in [0, 0.1) is 11.8 Å². The normalized spacial score (nSPS) is 23.5. The number of benzene rings is 2. The minimum Gasteiger partial charge on any atom is -0.507 e. The Morgan fingerprint density at radius 1 is 0.917 bits per heavy atom. The Balaban J connectivity index is 2.03. The number of Topliss-reactive ketones (excluding diaryl/α,β-unsaturated/α-hetero) is 2.